The quantitative estimate of drug-likeness (QED) is 0.626. The summed E-state index contributed by atoms with van der Waals surface area (Å²) in [5.74, 6) is -0.217. The fourth-order valence-corrected chi connectivity index (χ4v) is 3.43. The van der Waals surface area contributed by atoms with E-state index < -0.39 is 16.9 Å². The number of hydrogen-bond acceptors (Lipinski definition) is 3. The summed E-state index contributed by atoms with van der Waals surface area (Å²) in [6.45, 7) is 0. The Bertz CT molecular complexity index is 981. The van der Waals surface area contributed by atoms with E-state index in [9.17, 15) is 8.60 Å². The highest BCUT2D eigenvalue weighted by Crippen LogP contribution is 2.35. The van der Waals surface area contributed by atoms with E-state index in [2.05, 4.69) is 4.98 Å². The molecule has 0 aliphatic heterocycles. The van der Waals surface area contributed by atoms with Crippen molar-refractivity contribution < 1.29 is 17.9 Å². The second kappa shape index (κ2) is 7.95. The predicted octanol–water partition coefficient (Wildman–Crippen LogP) is 4.94. The molecule has 0 spiro atoms. The van der Waals surface area contributed by atoms with Gasteiger partial charge in [0.05, 0.1) is 17.9 Å². The van der Waals surface area contributed by atoms with Gasteiger partial charge in [0.15, 0.2) is 11.1 Å². The highest BCUT2D eigenvalue weighted by Gasteiger charge is 2.13. The lowest BCUT2D eigenvalue weighted by atomic mass is 9.96. The molecule has 0 saturated heterocycles. The van der Waals surface area contributed by atoms with Crippen LogP contribution in [0.4, 0.5) is 4.39 Å². The Morgan fingerprint density at radius 2 is 1.88 bits per heavy atom. The second-order valence-corrected chi connectivity index (χ2v) is 6.88. The fourth-order valence-electron chi connectivity index (χ4n) is 2.68. The van der Waals surface area contributed by atoms with Crippen LogP contribution in [0, 0.1) is 5.82 Å². The van der Waals surface area contributed by atoms with Crippen molar-refractivity contribution in [1.82, 2.24) is 4.98 Å². The van der Waals surface area contributed by atoms with Crippen LogP contribution in [0.5, 0.6) is 5.75 Å². The normalized spacial score (nSPS) is 12.0. The van der Waals surface area contributed by atoms with Crippen LogP contribution in [0.3, 0.4) is 0 Å². The largest absolute Gasteiger partial charge is 0.495 e. The minimum absolute atomic E-state index is 0.188. The minimum atomic E-state index is -2.10. The van der Waals surface area contributed by atoms with Crippen molar-refractivity contribution in [3.05, 3.63) is 71.3 Å². The van der Waals surface area contributed by atoms with Gasteiger partial charge in [0, 0.05) is 23.5 Å². The van der Waals surface area contributed by atoms with E-state index in [1.54, 1.807) is 37.7 Å². The number of pyridine rings is 1. The lowest BCUT2D eigenvalue weighted by Gasteiger charge is -2.12. The van der Waals surface area contributed by atoms with Gasteiger partial charge in [-0.2, -0.15) is 0 Å². The molecule has 3 rings (SSSR count). The molecule has 1 unspecified atom stereocenters. The summed E-state index contributed by atoms with van der Waals surface area (Å²) < 4.78 is 39.3. The number of benzene rings is 2. The maximum absolute atomic E-state index is 14.3. The van der Waals surface area contributed by atoms with Gasteiger partial charge in [0.2, 0.25) is 0 Å². The van der Waals surface area contributed by atoms with Gasteiger partial charge in [-0.3, -0.25) is 4.98 Å². The molecule has 1 atom stereocenters. The zero-order valence-corrected chi connectivity index (χ0v) is 15.4. The minimum Gasteiger partial charge on any atom is -0.495 e. The molecule has 0 saturated carbocycles. The predicted molar refractivity (Wildman–Crippen MR) is 101 cm³/mol. The maximum Gasteiger partial charge on any atom is 0.157 e. The highest BCUT2D eigenvalue weighted by atomic mass is 35.5. The molecular weight excluding hydrogens is 377 g/mol. The van der Waals surface area contributed by atoms with E-state index in [4.69, 9.17) is 20.9 Å². The van der Waals surface area contributed by atoms with Gasteiger partial charge >= 0.3 is 0 Å². The van der Waals surface area contributed by atoms with Crippen LogP contribution in [0.15, 0.2) is 54.9 Å². The lowest BCUT2D eigenvalue weighted by Crippen LogP contribution is -1.97. The third-order valence-corrected chi connectivity index (χ3v) is 4.78. The van der Waals surface area contributed by atoms with Crippen LogP contribution in [0.1, 0.15) is 5.56 Å². The van der Waals surface area contributed by atoms with Crippen molar-refractivity contribution in [3.63, 3.8) is 0 Å². The Hall–Kier alpha value is -2.28. The number of methoxy groups -OCH3 is 1. The van der Waals surface area contributed by atoms with Crippen LogP contribution < -0.4 is 4.74 Å². The molecule has 26 heavy (non-hydrogen) atoms. The average Bonchev–Trinajstić information content (AvgIpc) is 2.63. The Morgan fingerprint density at radius 3 is 2.54 bits per heavy atom. The molecule has 1 aromatic heterocycles. The van der Waals surface area contributed by atoms with Crippen molar-refractivity contribution in [2.24, 2.45) is 0 Å². The van der Waals surface area contributed by atoms with Crippen LogP contribution >= 0.6 is 11.6 Å². The Morgan fingerprint density at radius 1 is 1.15 bits per heavy atom. The van der Waals surface area contributed by atoms with Gasteiger partial charge in [-0.05, 0) is 41.0 Å². The topological polar surface area (TPSA) is 59.4 Å². The molecule has 0 radical (unpaired) electrons. The lowest BCUT2D eigenvalue weighted by molar-refractivity contribution is 0.415. The number of aromatic nitrogens is 1. The molecule has 1 N–H and O–H groups in total. The first-order valence-corrected chi connectivity index (χ1v) is 9.29. The maximum atomic E-state index is 14.3. The zero-order chi connectivity index (χ0) is 18.7. The average molecular weight is 392 g/mol. The third-order valence-electron chi connectivity index (χ3n) is 3.93. The Labute approximate surface area is 157 Å². The van der Waals surface area contributed by atoms with E-state index >= 15 is 0 Å². The highest BCUT2D eigenvalue weighted by molar-refractivity contribution is 7.78. The van der Waals surface area contributed by atoms with Gasteiger partial charge in [0.25, 0.3) is 0 Å². The molecule has 0 aliphatic carbocycles. The smallest absolute Gasteiger partial charge is 0.157 e. The van der Waals surface area contributed by atoms with Gasteiger partial charge in [-0.25, -0.2) is 8.60 Å². The molecule has 4 nitrogen and oxygen atoms in total. The molecule has 0 bridgehead atoms. The summed E-state index contributed by atoms with van der Waals surface area (Å²) in [6, 6.07) is 11.8. The van der Waals surface area contributed by atoms with Crippen LogP contribution in [-0.4, -0.2) is 20.9 Å². The van der Waals surface area contributed by atoms with Crippen molar-refractivity contribution in [2.75, 3.05) is 7.11 Å². The summed E-state index contributed by atoms with van der Waals surface area (Å²) in [5.41, 5.74) is 3.21. The van der Waals surface area contributed by atoms with Gasteiger partial charge < -0.3 is 9.29 Å². The summed E-state index contributed by atoms with van der Waals surface area (Å²) in [4.78, 5) is 4.14. The monoisotopic (exact) mass is 391 g/mol. The number of ether oxygens (including phenoxy) is 1. The number of rotatable bonds is 5. The van der Waals surface area contributed by atoms with Crippen molar-refractivity contribution >= 4 is 22.7 Å². The molecule has 7 heteroatoms. The molecule has 0 amide bonds. The van der Waals surface area contributed by atoms with E-state index in [0.29, 0.717) is 16.3 Å². The van der Waals surface area contributed by atoms with E-state index in [-0.39, 0.29) is 11.3 Å². The Kier molecular flexibility index (Phi) is 5.66. The first-order chi connectivity index (χ1) is 12.5. The molecule has 3 aromatic rings. The van der Waals surface area contributed by atoms with E-state index in [1.165, 1.54) is 12.1 Å². The van der Waals surface area contributed by atoms with E-state index in [1.807, 2.05) is 12.1 Å². The third kappa shape index (κ3) is 3.93. The number of nitrogens with zero attached hydrogens (tertiary/aromatic N) is 1. The standard InChI is InChI=1S/C19H15ClFNO3S/c1-25-19-5-4-12(8-17(19)20)15-6-7-22-10-16(15)13-2-3-14(11-26(23)24)18(21)9-13/h2-10H,11H2,1H3,(H,23,24). The zero-order valence-electron chi connectivity index (χ0n) is 13.8. The molecular formula is C19H15ClFNO3S. The van der Waals surface area contributed by atoms with E-state index in [0.717, 1.165) is 16.7 Å². The van der Waals surface area contributed by atoms with Gasteiger partial charge in [-0.1, -0.05) is 29.8 Å². The van der Waals surface area contributed by atoms with Crippen LogP contribution in [0.2, 0.25) is 5.02 Å². The summed E-state index contributed by atoms with van der Waals surface area (Å²) >= 11 is 4.12. The molecule has 2 aromatic carbocycles. The number of halogens is 2. The van der Waals surface area contributed by atoms with Crippen LogP contribution in [0.25, 0.3) is 22.3 Å². The van der Waals surface area contributed by atoms with Crippen molar-refractivity contribution in [2.45, 2.75) is 5.75 Å². The van der Waals surface area contributed by atoms with Gasteiger partial charge in [-0.15, -0.1) is 0 Å². The first-order valence-electron chi connectivity index (χ1n) is 7.63. The molecule has 134 valence electrons. The summed E-state index contributed by atoms with van der Waals surface area (Å²) in [5, 5.41) is 0.472. The molecule has 0 aliphatic rings. The first kappa shape index (κ1) is 18.5. The Balaban J connectivity index is 2.06. The van der Waals surface area contributed by atoms with Crippen molar-refractivity contribution in [1.29, 1.82) is 0 Å². The number of hydrogen-bond donors (Lipinski definition) is 1. The second-order valence-electron chi connectivity index (χ2n) is 5.54. The van der Waals surface area contributed by atoms with Gasteiger partial charge in [0.1, 0.15) is 11.6 Å². The summed E-state index contributed by atoms with van der Waals surface area (Å²) in [6.07, 6.45) is 3.29. The van der Waals surface area contributed by atoms with Crippen LogP contribution in [-0.2, 0) is 16.8 Å². The van der Waals surface area contributed by atoms with Crippen molar-refractivity contribution in [3.8, 4) is 28.0 Å². The fraction of sp³-hybridized carbons (Fsp3) is 0.105. The molecule has 0 fully saturated rings. The molecule has 1 heterocycles. The summed E-state index contributed by atoms with van der Waals surface area (Å²) in [7, 11) is 1.54. The SMILES string of the molecule is COc1ccc(-c2ccncc2-c2ccc(CS(=O)O)c(F)c2)cc1Cl.